The molecule has 178 valence electrons. The van der Waals surface area contributed by atoms with Gasteiger partial charge in [0.05, 0.1) is 38.6 Å². The largest absolute Gasteiger partial charge is 0.391 e. The lowest BCUT2D eigenvalue weighted by atomic mass is 9.71. The van der Waals surface area contributed by atoms with Crippen LogP contribution in [0.15, 0.2) is 48.5 Å². The highest BCUT2D eigenvalue weighted by atomic mass is 16.5. The van der Waals surface area contributed by atoms with E-state index in [0.29, 0.717) is 45.2 Å². The van der Waals surface area contributed by atoms with E-state index in [2.05, 4.69) is 69.3 Å². The smallest absolute Gasteiger partial charge is 0.0771 e. The summed E-state index contributed by atoms with van der Waals surface area (Å²) >= 11 is 0. The normalized spacial score (nSPS) is 15.5. The highest BCUT2D eigenvalue weighted by molar-refractivity contribution is 5.40. The van der Waals surface area contributed by atoms with Crippen LogP contribution in [-0.2, 0) is 28.1 Å². The molecule has 2 N–H and O–H groups in total. The van der Waals surface area contributed by atoms with Crippen molar-refractivity contribution in [3.63, 3.8) is 0 Å². The van der Waals surface area contributed by atoms with Crippen molar-refractivity contribution < 1.29 is 19.7 Å². The summed E-state index contributed by atoms with van der Waals surface area (Å²) < 4.78 is 11.3. The Balaban J connectivity index is 2.11. The molecule has 0 radical (unpaired) electrons. The Labute approximate surface area is 194 Å². The molecule has 0 heterocycles. The first-order valence-corrected chi connectivity index (χ1v) is 12.0. The van der Waals surface area contributed by atoms with Crippen molar-refractivity contribution in [2.45, 2.75) is 84.7 Å². The molecule has 2 aromatic carbocycles. The first kappa shape index (κ1) is 26.5. The Morgan fingerprint density at radius 2 is 1.09 bits per heavy atom. The predicted octanol–water partition coefficient (Wildman–Crippen LogP) is 5.61. The molecule has 0 spiro atoms. The molecular formula is C28H42O4. The summed E-state index contributed by atoms with van der Waals surface area (Å²) in [6.07, 6.45) is 1.67. The molecule has 0 aliphatic carbocycles. The number of hydrogen-bond donors (Lipinski definition) is 2. The number of aliphatic hydroxyl groups excluding tert-OH is 2. The molecule has 0 aliphatic rings. The molecule has 0 aromatic heterocycles. The van der Waals surface area contributed by atoms with Crippen molar-refractivity contribution in [3.8, 4) is 0 Å². The molecule has 2 unspecified atom stereocenters. The number of hydrogen-bond acceptors (Lipinski definition) is 4. The minimum Gasteiger partial charge on any atom is -0.391 e. The van der Waals surface area contributed by atoms with Crippen LogP contribution in [0.5, 0.6) is 0 Å². The van der Waals surface area contributed by atoms with Crippen LogP contribution in [0.25, 0.3) is 0 Å². The third-order valence-corrected chi connectivity index (χ3v) is 6.10. The molecule has 4 heteroatoms. The zero-order chi connectivity index (χ0) is 23.6. The lowest BCUT2D eigenvalue weighted by Crippen LogP contribution is -2.26. The van der Waals surface area contributed by atoms with Gasteiger partial charge in [-0.05, 0) is 47.4 Å². The van der Waals surface area contributed by atoms with E-state index in [1.807, 2.05) is 13.8 Å². The van der Waals surface area contributed by atoms with Crippen LogP contribution in [0.1, 0.15) is 76.1 Å². The monoisotopic (exact) mass is 442 g/mol. The van der Waals surface area contributed by atoms with Crippen molar-refractivity contribution in [1.82, 2.24) is 0 Å². The van der Waals surface area contributed by atoms with E-state index in [4.69, 9.17) is 9.47 Å². The summed E-state index contributed by atoms with van der Waals surface area (Å²) in [7, 11) is 0. The van der Waals surface area contributed by atoms with Crippen LogP contribution in [0.3, 0.4) is 0 Å². The van der Waals surface area contributed by atoms with E-state index < -0.39 is 12.2 Å². The first-order chi connectivity index (χ1) is 15.3. The van der Waals surface area contributed by atoms with Gasteiger partial charge in [-0.25, -0.2) is 0 Å². The van der Waals surface area contributed by atoms with E-state index in [0.717, 1.165) is 17.5 Å². The highest BCUT2D eigenvalue weighted by Crippen LogP contribution is 2.38. The van der Waals surface area contributed by atoms with Gasteiger partial charge in [-0.2, -0.15) is 0 Å². The van der Waals surface area contributed by atoms with Crippen molar-refractivity contribution in [3.05, 3.63) is 70.8 Å². The van der Waals surface area contributed by atoms with Gasteiger partial charge in [0.25, 0.3) is 0 Å². The summed E-state index contributed by atoms with van der Waals surface area (Å²) in [5.74, 6) is 0.553. The molecule has 0 saturated carbocycles. The molecule has 2 aromatic rings. The molecule has 0 fully saturated rings. The van der Waals surface area contributed by atoms with Crippen LogP contribution in [0, 0.1) is 5.92 Å². The van der Waals surface area contributed by atoms with Crippen molar-refractivity contribution in [1.29, 1.82) is 0 Å². The van der Waals surface area contributed by atoms with Gasteiger partial charge in [-0.1, -0.05) is 83.1 Å². The third kappa shape index (κ3) is 8.00. The van der Waals surface area contributed by atoms with Gasteiger partial charge in [0.15, 0.2) is 0 Å². The zero-order valence-electron chi connectivity index (χ0n) is 20.5. The maximum Gasteiger partial charge on any atom is 0.0771 e. The average Bonchev–Trinajstić information content (AvgIpc) is 2.79. The second-order valence-corrected chi connectivity index (χ2v) is 9.48. The van der Waals surface area contributed by atoms with Crippen LogP contribution in [-0.4, -0.2) is 35.6 Å². The van der Waals surface area contributed by atoms with Crippen LogP contribution in [0.4, 0.5) is 0 Å². The maximum atomic E-state index is 9.66. The summed E-state index contributed by atoms with van der Waals surface area (Å²) in [5.41, 5.74) is 4.72. The molecule has 4 nitrogen and oxygen atoms in total. The van der Waals surface area contributed by atoms with E-state index in [9.17, 15) is 10.2 Å². The maximum absolute atomic E-state index is 9.66. The van der Waals surface area contributed by atoms with E-state index >= 15 is 0 Å². The number of aliphatic hydroxyl groups is 2. The predicted molar refractivity (Wildman–Crippen MR) is 131 cm³/mol. The number of rotatable bonds is 14. The van der Waals surface area contributed by atoms with Gasteiger partial charge < -0.3 is 19.7 Å². The number of benzene rings is 2. The summed E-state index contributed by atoms with van der Waals surface area (Å²) in [6.45, 7) is 12.5. The fraction of sp³-hybridized carbons (Fsp3) is 0.571. The van der Waals surface area contributed by atoms with E-state index in [1.54, 1.807) is 0 Å². The molecule has 0 bridgehead atoms. The standard InChI is InChI=1S/C28H42O4/c1-6-26(29)19-31-17-22-8-12-24(13-9-22)28(5,16-21(3)4)25-14-10-23(11-15-25)18-32-20-27(30)7-2/h8-15,21,26-27,29-30H,6-7,16-20H2,1-5H3. The fourth-order valence-corrected chi connectivity index (χ4v) is 4.02. The summed E-state index contributed by atoms with van der Waals surface area (Å²) in [5, 5.41) is 19.3. The van der Waals surface area contributed by atoms with Gasteiger partial charge in [0.2, 0.25) is 0 Å². The molecule has 0 amide bonds. The summed E-state index contributed by atoms with van der Waals surface area (Å²) in [6, 6.07) is 17.4. The third-order valence-electron chi connectivity index (χ3n) is 6.10. The second-order valence-electron chi connectivity index (χ2n) is 9.48. The fourth-order valence-electron chi connectivity index (χ4n) is 4.02. The quantitative estimate of drug-likeness (QED) is 0.399. The van der Waals surface area contributed by atoms with E-state index in [1.165, 1.54) is 11.1 Å². The van der Waals surface area contributed by atoms with Crippen LogP contribution in [0.2, 0.25) is 0 Å². The van der Waals surface area contributed by atoms with Gasteiger partial charge in [-0.15, -0.1) is 0 Å². The molecule has 0 aliphatic heterocycles. The SMILES string of the molecule is CCC(O)COCc1ccc(C(C)(CC(C)C)c2ccc(COCC(O)CC)cc2)cc1. The highest BCUT2D eigenvalue weighted by Gasteiger charge is 2.29. The molecule has 32 heavy (non-hydrogen) atoms. The Morgan fingerprint density at radius 3 is 1.41 bits per heavy atom. The lowest BCUT2D eigenvalue weighted by molar-refractivity contribution is 0.0269. The first-order valence-electron chi connectivity index (χ1n) is 12.0. The topological polar surface area (TPSA) is 58.9 Å². The van der Waals surface area contributed by atoms with Crippen molar-refractivity contribution in [2.75, 3.05) is 13.2 Å². The lowest BCUT2D eigenvalue weighted by Gasteiger charge is -2.33. The van der Waals surface area contributed by atoms with Crippen LogP contribution < -0.4 is 0 Å². The minimum absolute atomic E-state index is 0.0935. The molecule has 2 rings (SSSR count). The van der Waals surface area contributed by atoms with Gasteiger partial charge in [0, 0.05) is 5.41 Å². The Bertz CT molecular complexity index is 708. The zero-order valence-corrected chi connectivity index (χ0v) is 20.5. The second kappa shape index (κ2) is 13.1. The van der Waals surface area contributed by atoms with Crippen molar-refractivity contribution >= 4 is 0 Å². The van der Waals surface area contributed by atoms with Gasteiger partial charge in [-0.3, -0.25) is 0 Å². The number of ether oxygens (including phenoxy) is 2. The Morgan fingerprint density at radius 1 is 0.719 bits per heavy atom. The average molecular weight is 443 g/mol. The van der Waals surface area contributed by atoms with Crippen molar-refractivity contribution in [2.24, 2.45) is 5.92 Å². The van der Waals surface area contributed by atoms with Crippen LogP contribution >= 0.6 is 0 Å². The van der Waals surface area contributed by atoms with Gasteiger partial charge >= 0.3 is 0 Å². The van der Waals surface area contributed by atoms with Gasteiger partial charge in [0.1, 0.15) is 0 Å². The Hall–Kier alpha value is -1.72. The minimum atomic E-state index is -0.395. The Kier molecular flexibility index (Phi) is 10.9. The molecular weight excluding hydrogens is 400 g/mol. The molecule has 2 atom stereocenters. The summed E-state index contributed by atoms with van der Waals surface area (Å²) in [4.78, 5) is 0. The molecule has 0 saturated heterocycles. The van der Waals surface area contributed by atoms with E-state index in [-0.39, 0.29) is 5.41 Å².